The third kappa shape index (κ3) is 1.78. The van der Waals surface area contributed by atoms with Crippen molar-refractivity contribution in [3.05, 3.63) is 45.6 Å². The van der Waals surface area contributed by atoms with E-state index < -0.39 is 4.92 Å². The normalized spacial score (nSPS) is 16.9. The number of methoxy groups -OCH3 is 1. The van der Waals surface area contributed by atoms with E-state index in [0.29, 0.717) is 0 Å². The van der Waals surface area contributed by atoms with E-state index in [1.807, 2.05) is 18.2 Å². The summed E-state index contributed by atoms with van der Waals surface area (Å²) >= 11 is 0. The van der Waals surface area contributed by atoms with Gasteiger partial charge in [-0.05, 0) is 36.1 Å². The van der Waals surface area contributed by atoms with Crippen LogP contribution in [0.4, 0.5) is 11.5 Å². The van der Waals surface area contributed by atoms with Crippen molar-refractivity contribution in [1.29, 1.82) is 0 Å². The topological polar surface area (TPSA) is 96.2 Å². The number of aryl methyl sites for hydroxylation is 1. The van der Waals surface area contributed by atoms with Crippen molar-refractivity contribution in [3.63, 3.8) is 0 Å². The van der Waals surface area contributed by atoms with E-state index in [1.165, 1.54) is 16.4 Å². The second-order valence-corrected chi connectivity index (χ2v) is 4.74. The van der Waals surface area contributed by atoms with Crippen molar-refractivity contribution < 1.29 is 9.66 Å². The Kier molecular flexibility index (Phi) is 2.81. The maximum absolute atomic E-state index is 10.8. The molecule has 20 heavy (non-hydrogen) atoms. The molecule has 1 aliphatic carbocycles. The molecule has 1 heterocycles. The zero-order valence-corrected chi connectivity index (χ0v) is 10.9. The van der Waals surface area contributed by atoms with Gasteiger partial charge >= 0.3 is 5.69 Å². The Morgan fingerprint density at radius 1 is 1.55 bits per heavy atom. The van der Waals surface area contributed by atoms with E-state index in [0.717, 1.165) is 24.2 Å². The van der Waals surface area contributed by atoms with E-state index in [1.54, 1.807) is 7.11 Å². The molecular formula is C13H14N4O3. The number of rotatable bonds is 3. The Morgan fingerprint density at radius 3 is 3.00 bits per heavy atom. The molecule has 0 saturated carbocycles. The van der Waals surface area contributed by atoms with Crippen LogP contribution in [0.1, 0.15) is 23.6 Å². The lowest BCUT2D eigenvalue weighted by Gasteiger charge is -2.14. The van der Waals surface area contributed by atoms with Crippen LogP contribution in [0, 0.1) is 10.1 Å². The number of nitrogens with two attached hydrogens (primary N) is 1. The van der Waals surface area contributed by atoms with E-state index in [-0.39, 0.29) is 17.5 Å². The summed E-state index contributed by atoms with van der Waals surface area (Å²) in [4.78, 5) is 10.3. The standard InChI is InChI=1S/C13H14N4O3/c1-20-9-4-2-8-3-5-11(10(8)6-9)16-13(14)12(7-15-16)17(18)19/h2,4,6-7,11H,3,5,14H2,1H3. The first-order chi connectivity index (χ1) is 9.61. The first-order valence-electron chi connectivity index (χ1n) is 6.26. The molecule has 0 fully saturated rings. The van der Waals surface area contributed by atoms with Crippen LogP contribution >= 0.6 is 0 Å². The predicted octanol–water partition coefficient (Wildman–Crippen LogP) is 1.92. The second-order valence-electron chi connectivity index (χ2n) is 4.74. The largest absolute Gasteiger partial charge is 0.497 e. The van der Waals surface area contributed by atoms with Crippen LogP contribution in [0.2, 0.25) is 0 Å². The fourth-order valence-electron chi connectivity index (χ4n) is 2.69. The Labute approximate surface area is 115 Å². The third-order valence-corrected chi connectivity index (χ3v) is 3.70. The number of aromatic nitrogens is 2. The van der Waals surface area contributed by atoms with Crippen LogP contribution in [0.3, 0.4) is 0 Å². The SMILES string of the molecule is COc1ccc2c(c1)C(n1ncc([N+](=O)[O-])c1N)CC2. The average Bonchev–Trinajstić information content (AvgIpc) is 3.01. The van der Waals surface area contributed by atoms with Crippen LogP contribution in [0.5, 0.6) is 5.75 Å². The van der Waals surface area contributed by atoms with Gasteiger partial charge in [0.2, 0.25) is 5.82 Å². The summed E-state index contributed by atoms with van der Waals surface area (Å²) in [6.45, 7) is 0. The van der Waals surface area contributed by atoms with Crippen LogP contribution < -0.4 is 10.5 Å². The number of fused-ring (bicyclic) bond motifs is 1. The zero-order valence-electron chi connectivity index (χ0n) is 10.9. The number of ether oxygens (including phenoxy) is 1. The highest BCUT2D eigenvalue weighted by molar-refractivity contribution is 5.53. The van der Waals surface area contributed by atoms with Crippen LogP contribution in [0.15, 0.2) is 24.4 Å². The number of nitro groups is 1. The molecule has 2 aromatic rings. The number of hydrogen-bond acceptors (Lipinski definition) is 5. The molecule has 0 spiro atoms. The number of nitrogens with zero attached hydrogens (tertiary/aromatic N) is 3. The summed E-state index contributed by atoms with van der Waals surface area (Å²) in [5.74, 6) is 0.853. The zero-order chi connectivity index (χ0) is 14.3. The highest BCUT2D eigenvalue weighted by atomic mass is 16.6. The van der Waals surface area contributed by atoms with E-state index in [9.17, 15) is 10.1 Å². The van der Waals surface area contributed by atoms with Crippen LogP contribution in [-0.4, -0.2) is 21.8 Å². The average molecular weight is 274 g/mol. The summed E-state index contributed by atoms with van der Waals surface area (Å²) in [6.07, 6.45) is 2.93. The molecular weight excluding hydrogens is 260 g/mol. The van der Waals surface area contributed by atoms with E-state index in [4.69, 9.17) is 10.5 Å². The summed E-state index contributed by atoms with van der Waals surface area (Å²) < 4.78 is 6.76. The lowest BCUT2D eigenvalue weighted by molar-refractivity contribution is -0.384. The molecule has 1 unspecified atom stereocenters. The fraction of sp³-hybridized carbons (Fsp3) is 0.308. The van der Waals surface area contributed by atoms with Crippen molar-refractivity contribution in [2.24, 2.45) is 0 Å². The maximum atomic E-state index is 10.8. The Bertz CT molecular complexity index is 680. The van der Waals surface area contributed by atoms with Crippen molar-refractivity contribution in [3.8, 4) is 5.75 Å². The van der Waals surface area contributed by atoms with Gasteiger partial charge in [-0.25, -0.2) is 4.68 Å². The molecule has 0 bridgehead atoms. The molecule has 0 radical (unpaired) electrons. The first kappa shape index (κ1) is 12.5. The lowest BCUT2D eigenvalue weighted by Crippen LogP contribution is -2.12. The molecule has 7 heteroatoms. The molecule has 2 N–H and O–H groups in total. The smallest absolute Gasteiger partial charge is 0.330 e. The van der Waals surface area contributed by atoms with Crippen LogP contribution in [0.25, 0.3) is 0 Å². The molecule has 1 aromatic carbocycles. The minimum Gasteiger partial charge on any atom is -0.497 e. The summed E-state index contributed by atoms with van der Waals surface area (Å²) in [6, 6.07) is 5.80. The minimum absolute atomic E-state index is 0.0752. The van der Waals surface area contributed by atoms with Gasteiger partial charge in [-0.1, -0.05) is 6.07 Å². The van der Waals surface area contributed by atoms with Crippen LogP contribution in [-0.2, 0) is 6.42 Å². The van der Waals surface area contributed by atoms with Gasteiger partial charge < -0.3 is 10.5 Å². The van der Waals surface area contributed by atoms with Gasteiger partial charge in [-0.15, -0.1) is 0 Å². The van der Waals surface area contributed by atoms with E-state index >= 15 is 0 Å². The molecule has 0 saturated heterocycles. The minimum atomic E-state index is -0.514. The molecule has 1 aromatic heterocycles. The molecule has 0 aliphatic heterocycles. The van der Waals surface area contributed by atoms with Crippen molar-refractivity contribution in [1.82, 2.24) is 9.78 Å². The Balaban J connectivity index is 2.04. The Hall–Kier alpha value is -2.57. The van der Waals surface area contributed by atoms with Gasteiger partial charge in [0.05, 0.1) is 18.1 Å². The van der Waals surface area contributed by atoms with E-state index in [2.05, 4.69) is 5.10 Å². The number of anilines is 1. The van der Waals surface area contributed by atoms with Gasteiger partial charge in [0, 0.05) is 0 Å². The molecule has 0 amide bonds. The van der Waals surface area contributed by atoms with Gasteiger partial charge in [0.25, 0.3) is 0 Å². The Morgan fingerprint density at radius 2 is 2.35 bits per heavy atom. The second kappa shape index (κ2) is 4.52. The van der Waals surface area contributed by atoms with Crippen molar-refractivity contribution >= 4 is 11.5 Å². The lowest BCUT2D eigenvalue weighted by atomic mass is 10.1. The van der Waals surface area contributed by atoms with Crippen molar-refractivity contribution in [2.45, 2.75) is 18.9 Å². The quantitative estimate of drug-likeness (QED) is 0.681. The molecule has 104 valence electrons. The predicted molar refractivity (Wildman–Crippen MR) is 72.7 cm³/mol. The highest BCUT2D eigenvalue weighted by Crippen LogP contribution is 2.38. The molecule has 1 aliphatic rings. The molecule has 1 atom stereocenters. The number of benzene rings is 1. The van der Waals surface area contributed by atoms with Crippen molar-refractivity contribution in [2.75, 3.05) is 12.8 Å². The summed E-state index contributed by atoms with van der Waals surface area (Å²) in [5.41, 5.74) is 7.95. The van der Waals surface area contributed by atoms with Gasteiger partial charge in [-0.2, -0.15) is 5.10 Å². The maximum Gasteiger partial charge on any atom is 0.330 e. The monoisotopic (exact) mass is 274 g/mol. The third-order valence-electron chi connectivity index (χ3n) is 3.70. The first-order valence-corrected chi connectivity index (χ1v) is 6.26. The number of hydrogen-bond donors (Lipinski definition) is 1. The molecule has 7 nitrogen and oxygen atoms in total. The van der Waals surface area contributed by atoms with Gasteiger partial charge in [0.15, 0.2) is 0 Å². The fourth-order valence-corrected chi connectivity index (χ4v) is 2.69. The summed E-state index contributed by atoms with van der Waals surface area (Å²) in [5, 5.41) is 14.9. The highest BCUT2D eigenvalue weighted by Gasteiger charge is 2.29. The van der Waals surface area contributed by atoms with Gasteiger partial charge in [-0.3, -0.25) is 10.1 Å². The summed E-state index contributed by atoms with van der Waals surface area (Å²) in [7, 11) is 1.61. The molecule has 3 rings (SSSR count). The van der Waals surface area contributed by atoms with Gasteiger partial charge in [0.1, 0.15) is 11.9 Å². The number of nitrogen functional groups attached to an aromatic ring is 1.